The van der Waals surface area contributed by atoms with Crippen LogP contribution >= 0.6 is 11.8 Å². The summed E-state index contributed by atoms with van der Waals surface area (Å²) in [4.78, 5) is 1.34. The van der Waals surface area contributed by atoms with Crippen LogP contribution in [0.4, 0.5) is 5.69 Å². The van der Waals surface area contributed by atoms with Gasteiger partial charge in [0, 0.05) is 16.3 Å². The average Bonchev–Trinajstić information content (AvgIpc) is 2.49. The minimum Gasteiger partial charge on any atom is -0.398 e. The lowest BCUT2D eigenvalue weighted by atomic mass is 9.95. The highest BCUT2D eigenvalue weighted by molar-refractivity contribution is 7.99. The van der Waals surface area contributed by atoms with Crippen molar-refractivity contribution in [3.63, 3.8) is 0 Å². The van der Waals surface area contributed by atoms with Crippen LogP contribution in [0.25, 0.3) is 0 Å². The molecule has 1 aliphatic rings. The third-order valence-corrected chi connectivity index (χ3v) is 4.30. The van der Waals surface area contributed by atoms with Crippen molar-refractivity contribution < 1.29 is 0 Å². The average molecular weight is 207 g/mol. The van der Waals surface area contributed by atoms with Crippen LogP contribution in [0, 0.1) is 0 Å². The van der Waals surface area contributed by atoms with Crippen LogP contribution in [-0.2, 0) is 0 Å². The van der Waals surface area contributed by atoms with Crippen LogP contribution in [0.5, 0.6) is 0 Å². The SMILES string of the molecule is CC(C)c1ccc2c(c1N)SCC2C. The van der Waals surface area contributed by atoms with Crippen molar-refractivity contribution in [2.75, 3.05) is 11.5 Å². The molecular formula is C12H17NS. The maximum atomic E-state index is 6.18. The lowest BCUT2D eigenvalue weighted by Crippen LogP contribution is -1.99. The van der Waals surface area contributed by atoms with Crippen molar-refractivity contribution in [3.8, 4) is 0 Å². The Kier molecular flexibility index (Phi) is 2.48. The lowest BCUT2D eigenvalue weighted by Gasteiger charge is -2.13. The fourth-order valence-electron chi connectivity index (χ4n) is 1.98. The highest BCUT2D eigenvalue weighted by Crippen LogP contribution is 2.44. The van der Waals surface area contributed by atoms with E-state index in [0.29, 0.717) is 11.8 Å². The number of thioether (sulfide) groups is 1. The van der Waals surface area contributed by atoms with E-state index in [-0.39, 0.29) is 0 Å². The van der Waals surface area contributed by atoms with Gasteiger partial charge in [0.1, 0.15) is 0 Å². The molecule has 1 aromatic rings. The minimum atomic E-state index is 0.525. The Bertz CT molecular complexity index is 358. The second-order valence-corrected chi connectivity index (χ2v) is 5.38. The number of nitrogen functional groups attached to an aromatic ring is 1. The number of benzene rings is 1. The monoisotopic (exact) mass is 207 g/mol. The van der Waals surface area contributed by atoms with Crippen molar-refractivity contribution >= 4 is 17.4 Å². The zero-order valence-electron chi connectivity index (χ0n) is 9.00. The van der Waals surface area contributed by atoms with E-state index in [4.69, 9.17) is 5.73 Å². The van der Waals surface area contributed by atoms with Crippen LogP contribution in [-0.4, -0.2) is 5.75 Å². The molecule has 0 aromatic heterocycles. The first-order chi connectivity index (χ1) is 6.61. The Morgan fingerprint density at radius 1 is 1.43 bits per heavy atom. The molecule has 0 saturated carbocycles. The highest BCUT2D eigenvalue weighted by atomic mass is 32.2. The third kappa shape index (κ3) is 1.42. The molecule has 0 amide bonds. The summed E-state index contributed by atoms with van der Waals surface area (Å²) in [6.07, 6.45) is 0. The van der Waals surface area contributed by atoms with E-state index in [9.17, 15) is 0 Å². The van der Waals surface area contributed by atoms with E-state index in [2.05, 4.69) is 32.9 Å². The zero-order valence-corrected chi connectivity index (χ0v) is 9.82. The van der Waals surface area contributed by atoms with Gasteiger partial charge < -0.3 is 5.73 Å². The largest absolute Gasteiger partial charge is 0.398 e. The summed E-state index contributed by atoms with van der Waals surface area (Å²) in [6, 6.07) is 4.45. The van der Waals surface area contributed by atoms with Gasteiger partial charge in [-0.15, -0.1) is 11.8 Å². The number of hydrogen-bond acceptors (Lipinski definition) is 2. The quantitative estimate of drug-likeness (QED) is 0.712. The summed E-state index contributed by atoms with van der Waals surface area (Å²) in [6.45, 7) is 6.66. The van der Waals surface area contributed by atoms with Crippen molar-refractivity contribution in [2.24, 2.45) is 0 Å². The number of nitrogens with two attached hydrogens (primary N) is 1. The minimum absolute atomic E-state index is 0.525. The van der Waals surface area contributed by atoms with Crippen LogP contribution < -0.4 is 5.73 Å². The second-order valence-electron chi connectivity index (χ2n) is 4.35. The van der Waals surface area contributed by atoms with Crippen LogP contribution in [0.3, 0.4) is 0 Å². The van der Waals surface area contributed by atoms with Crippen molar-refractivity contribution in [3.05, 3.63) is 23.3 Å². The summed E-state index contributed by atoms with van der Waals surface area (Å²) >= 11 is 1.91. The summed E-state index contributed by atoms with van der Waals surface area (Å²) < 4.78 is 0. The molecule has 2 heteroatoms. The van der Waals surface area contributed by atoms with Crippen molar-refractivity contribution in [2.45, 2.75) is 37.5 Å². The molecule has 1 heterocycles. The Labute approximate surface area is 90.1 Å². The van der Waals surface area contributed by atoms with Gasteiger partial charge in [0.25, 0.3) is 0 Å². The summed E-state index contributed by atoms with van der Waals surface area (Å²) in [5.74, 6) is 2.37. The first kappa shape index (κ1) is 9.91. The summed E-state index contributed by atoms with van der Waals surface area (Å²) in [5.41, 5.74) is 9.94. The molecule has 0 saturated heterocycles. The first-order valence-electron chi connectivity index (χ1n) is 5.16. The van der Waals surface area contributed by atoms with Crippen molar-refractivity contribution in [1.29, 1.82) is 0 Å². The van der Waals surface area contributed by atoms with E-state index in [0.717, 1.165) is 5.69 Å². The van der Waals surface area contributed by atoms with E-state index >= 15 is 0 Å². The van der Waals surface area contributed by atoms with E-state index in [1.807, 2.05) is 11.8 Å². The van der Waals surface area contributed by atoms with Crippen LogP contribution in [0.2, 0.25) is 0 Å². The Balaban J connectivity index is 2.53. The number of fused-ring (bicyclic) bond motifs is 1. The van der Waals surface area contributed by atoms with Crippen LogP contribution in [0.15, 0.2) is 17.0 Å². The van der Waals surface area contributed by atoms with Gasteiger partial charge in [-0.25, -0.2) is 0 Å². The third-order valence-electron chi connectivity index (χ3n) is 2.89. The molecule has 0 aliphatic carbocycles. The molecule has 0 bridgehead atoms. The van der Waals surface area contributed by atoms with Gasteiger partial charge in [0.15, 0.2) is 0 Å². The first-order valence-corrected chi connectivity index (χ1v) is 6.15. The van der Waals surface area contributed by atoms with Gasteiger partial charge in [0.05, 0.1) is 0 Å². The van der Waals surface area contributed by atoms with Crippen molar-refractivity contribution in [1.82, 2.24) is 0 Å². The standard InChI is InChI=1S/C12H17NS/c1-7(2)9-4-5-10-8(3)6-14-12(10)11(9)13/h4-5,7-8H,6,13H2,1-3H3. The van der Waals surface area contributed by atoms with Gasteiger partial charge in [-0.3, -0.25) is 0 Å². The molecule has 0 fully saturated rings. The normalized spacial score (nSPS) is 20.1. The molecule has 1 aliphatic heterocycles. The van der Waals surface area contributed by atoms with Gasteiger partial charge in [-0.05, 0) is 23.0 Å². The smallest absolute Gasteiger partial charge is 0.0490 e. The van der Waals surface area contributed by atoms with Gasteiger partial charge in [-0.2, -0.15) is 0 Å². The molecule has 1 atom stereocenters. The number of hydrogen-bond donors (Lipinski definition) is 1. The Morgan fingerprint density at radius 3 is 2.79 bits per heavy atom. The maximum absolute atomic E-state index is 6.18. The summed E-state index contributed by atoms with van der Waals surface area (Å²) in [5, 5.41) is 0. The molecule has 76 valence electrons. The number of anilines is 1. The van der Waals surface area contributed by atoms with Gasteiger partial charge >= 0.3 is 0 Å². The molecular weight excluding hydrogens is 190 g/mol. The molecule has 2 rings (SSSR count). The molecule has 2 N–H and O–H groups in total. The topological polar surface area (TPSA) is 26.0 Å². The predicted molar refractivity (Wildman–Crippen MR) is 64.1 cm³/mol. The fourth-order valence-corrected chi connectivity index (χ4v) is 3.29. The zero-order chi connectivity index (χ0) is 10.3. The Morgan fingerprint density at radius 2 is 2.14 bits per heavy atom. The number of rotatable bonds is 1. The lowest BCUT2D eigenvalue weighted by molar-refractivity contribution is 0.849. The van der Waals surface area contributed by atoms with Crippen LogP contribution in [0.1, 0.15) is 43.7 Å². The van der Waals surface area contributed by atoms with Gasteiger partial charge in [-0.1, -0.05) is 32.9 Å². The second kappa shape index (κ2) is 3.50. The molecule has 1 aromatic carbocycles. The van der Waals surface area contributed by atoms with Gasteiger partial charge in [0.2, 0.25) is 0 Å². The molecule has 14 heavy (non-hydrogen) atoms. The van der Waals surface area contributed by atoms with E-state index in [1.54, 1.807) is 0 Å². The fraction of sp³-hybridized carbons (Fsp3) is 0.500. The molecule has 0 spiro atoms. The van der Waals surface area contributed by atoms with E-state index < -0.39 is 0 Å². The predicted octanol–water partition coefficient (Wildman–Crippen LogP) is 3.60. The molecule has 1 unspecified atom stereocenters. The molecule has 0 radical (unpaired) electrons. The van der Waals surface area contributed by atoms with E-state index in [1.165, 1.54) is 21.8 Å². The highest BCUT2D eigenvalue weighted by Gasteiger charge is 2.23. The molecule has 1 nitrogen and oxygen atoms in total. The summed E-state index contributed by atoms with van der Waals surface area (Å²) in [7, 11) is 0. The maximum Gasteiger partial charge on any atom is 0.0490 e. The Hall–Kier alpha value is -0.630.